The number of halogens is 1. The Bertz CT molecular complexity index is 1050. The molecule has 0 aliphatic carbocycles. The normalized spacial score (nSPS) is 11.9. The maximum Gasteiger partial charge on any atom is 0.340 e. The number of benzene rings is 1. The van der Waals surface area contributed by atoms with Crippen LogP contribution in [0, 0.1) is 12.8 Å². The van der Waals surface area contributed by atoms with Gasteiger partial charge in [0.05, 0.1) is 30.7 Å². The maximum absolute atomic E-state index is 12.3. The minimum Gasteiger partial charge on any atom is -0.495 e. The highest BCUT2D eigenvalue weighted by Gasteiger charge is 2.23. The Morgan fingerprint density at radius 1 is 1.23 bits per heavy atom. The first kappa shape index (κ1) is 23.2. The molecule has 1 atom stereocenters. The second-order valence-corrected chi connectivity index (χ2v) is 7.46. The molecule has 10 heteroatoms. The van der Waals surface area contributed by atoms with Crippen LogP contribution in [0.3, 0.4) is 0 Å². The van der Waals surface area contributed by atoms with Crippen molar-refractivity contribution in [1.82, 2.24) is 10.6 Å². The number of rotatable bonds is 8. The molecule has 0 saturated heterocycles. The molecule has 0 fully saturated rings. The predicted molar refractivity (Wildman–Crippen MR) is 110 cm³/mol. The van der Waals surface area contributed by atoms with Crippen molar-refractivity contribution in [3.8, 4) is 5.75 Å². The fourth-order valence-electron chi connectivity index (χ4n) is 2.89. The van der Waals surface area contributed by atoms with Crippen molar-refractivity contribution >= 4 is 40.4 Å². The SMILES string of the molecule is COc1cc2oc(=O)c(CC(=O)NCC(=O)NC(C(=O)O)C(C)C)c(C)c2cc1Cl. The highest BCUT2D eigenvalue weighted by molar-refractivity contribution is 6.32. The van der Waals surface area contributed by atoms with Crippen molar-refractivity contribution in [3.63, 3.8) is 0 Å². The molecule has 0 bridgehead atoms. The molecule has 0 saturated carbocycles. The number of carbonyl (C=O) groups excluding carboxylic acids is 2. The molecule has 162 valence electrons. The topological polar surface area (TPSA) is 135 Å². The first-order valence-corrected chi connectivity index (χ1v) is 9.51. The summed E-state index contributed by atoms with van der Waals surface area (Å²) < 4.78 is 10.4. The highest BCUT2D eigenvalue weighted by Crippen LogP contribution is 2.31. The summed E-state index contributed by atoms with van der Waals surface area (Å²) >= 11 is 6.13. The Kier molecular flexibility index (Phi) is 7.44. The molecule has 0 radical (unpaired) electrons. The summed E-state index contributed by atoms with van der Waals surface area (Å²) in [4.78, 5) is 47.7. The zero-order valence-corrected chi connectivity index (χ0v) is 17.8. The van der Waals surface area contributed by atoms with E-state index in [1.54, 1.807) is 26.8 Å². The molecule has 0 aliphatic heterocycles. The van der Waals surface area contributed by atoms with Gasteiger partial charge in [0, 0.05) is 11.5 Å². The van der Waals surface area contributed by atoms with Gasteiger partial charge >= 0.3 is 11.6 Å². The average Bonchev–Trinajstić information content (AvgIpc) is 2.67. The van der Waals surface area contributed by atoms with Crippen molar-refractivity contribution in [2.45, 2.75) is 33.2 Å². The van der Waals surface area contributed by atoms with E-state index in [9.17, 15) is 19.2 Å². The van der Waals surface area contributed by atoms with Gasteiger partial charge in [-0.15, -0.1) is 0 Å². The smallest absolute Gasteiger partial charge is 0.340 e. The van der Waals surface area contributed by atoms with Gasteiger partial charge < -0.3 is 24.9 Å². The Balaban J connectivity index is 2.12. The fourth-order valence-corrected chi connectivity index (χ4v) is 3.13. The number of hydrogen-bond acceptors (Lipinski definition) is 6. The first-order chi connectivity index (χ1) is 14.0. The molecular weight excluding hydrogens is 416 g/mol. The molecule has 2 amide bonds. The minimum atomic E-state index is -1.16. The Labute approximate surface area is 177 Å². The van der Waals surface area contributed by atoms with Crippen LogP contribution in [0.15, 0.2) is 21.3 Å². The van der Waals surface area contributed by atoms with E-state index in [-0.39, 0.29) is 23.5 Å². The largest absolute Gasteiger partial charge is 0.495 e. The molecule has 1 aromatic heterocycles. The van der Waals surface area contributed by atoms with Crippen molar-refractivity contribution in [3.05, 3.63) is 38.7 Å². The van der Waals surface area contributed by atoms with Crippen LogP contribution in [0.1, 0.15) is 25.0 Å². The van der Waals surface area contributed by atoms with Gasteiger partial charge in [0.1, 0.15) is 17.4 Å². The van der Waals surface area contributed by atoms with Gasteiger partial charge in [0.15, 0.2) is 0 Å². The molecule has 9 nitrogen and oxygen atoms in total. The summed E-state index contributed by atoms with van der Waals surface area (Å²) in [6.45, 7) is 4.55. The number of fused-ring (bicyclic) bond motifs is 1. The number of nitrogens with one attached hydrogen (secondary N) is 2. The van der Waals surface area contributed by atoms with Gasteiger partial charge in [-0.2, -0.15) is 0 Å². The number of aryl methyl sites for hydroxylation is 1. The van der Waals surface area contributed by atoms with Crippen LogP contribution in [-0.2, 0) is 20.8 Å². The molecule has 2 rings (SSSR count). The molecule has 1 unspecified atom stereocenters. The molecule has 1 heterocycles. The van der Waals surface area contributed by atoms with Crippen LogP contribution < -0.4 is 21.0 Å². The zero-order valence-electron chi connectivity index (χ0n) is 17.0. The number of methoxy groups -OCH3 is 1. The number of carboxylic acid groups (broad SMARTS) is 1. The molecule has 2 aromatic rings. The number of amides is 2. The van der Waals surface area contributed by atoms with E-state index in [0.29, 0.717) is 21.7 Å². The summed E-state index contributed by atoms with van der Waals surface area (Å²) in [5.74, 6) is -2.37. The Morgan fingerprint density at radius 2 is 1.90 bits per heavy atom. The number of carboxylic acids is 1. The number of ether oxygens (including phenoxy) is 1. The van der Waals surface area contributed by atoms with E-state index in [4.69, 9.17) is 25.9 Å². The third-order valence-electron chi connectivity index (χ3n) is 4.59. The zero-order chi connectivity index (χ0) is 22.6. The van der Waals surface area contributed by atoms with Gasteiger partial charge in [0.25, 0.3) is 0 Å². The molecule has 3 N–H and O–H groups in total. The van der Waals surface area contributed by atoms with E-state index in [2.05, 4.69) is 10.6 Å². The minimum absolute atomic E-state index is 0.132. The molecule has 1 aromatic carbocycles. The van der Waals surface area contributed by atoms with Crippen LogP contribution in [0.2, 0.25) is 5.02 Å². The van der Waals surface area contributed by atoms with Crippen molar-refractivity contribution in [2.75, 3.05) is 13.7 Å². The number of hydrogen-bond donors (Lipinski definition) is 3. The van der Waals surface area contributed by atoms with Crippen LogP contribution in [0.25, 0.3) is 11.0 Å². The summed E-state index contributed by atoms with van der Waals surface area (Å²) in [6.07, 6.45) is -0.312. The van der Waals surface area contributed by atoms with Crippen LogP contribution in [0.4, 0.5) is 0 Å². The predicted octanol–water partition coefficient (Wildman–Crippen LogP) is 1.65. The molecule has 30 heavy (non-hydrogen) atoms. The van der Waals surface area contributed by atoms with E-state index >= 15 is 0 Å². The second-order valence-electron chi connectivity index (χ2n) is 7.06. The lowest BCUT2D eigenvalue weighted by Gasteiger charge is -2.18. The lowest BCUT2D eigenvalue weighted by molar-refractivity contribution is -0.143. The van der Waals surface area contributed by atoms with Crippen molar-refractivity contribution in [1.29, 1.82) is 0 Å². The maximum atomic E-state index is 12.3. The fraction of sp³-hybridized carbons (Fsp3) is 0.400. The third kappa shape index (κ3) is 5.29. The Hall–Kier alpha value is -3.07. The molecular formula is C20H23ClN2O7. The summed E-state index contributed by atoms with van der Waals surface area (Å²) in [5.41, 5.74) is 0.244. The quantitative estimate of drug-likeness (QED) is 0.533. The van der Waals surface area contributed by atoms with Gasteiger partial charge in [-0.05, 0) is 24.5 Å². The van der Waals surface area contributed by atoms with Gasteiger partial charge in [-0.3, -0.25) is 9.59 Å². The van der Waals surface area contributed by atoms with Crippen molar-refractivity contribution < 1.29 is 28.6 Å². The third-order valence-corrected chi connectivity index (χ3v) is 4.89. The van der Waals surface area contributed by atoms with Crippen LogP contribution in [-0.4, -0.2) is 42.6 Å². The lowest BCUT2D eigenvalue weighted by Crippen LogP contribution is -2.48. The van der Waals surface area contributed by atoms with E-state index in [0.717, 1.165) is 0 Å². The van der Waals surface area contributed by atoms with E-state index in [1.165, 1.54) is 13.2 Å². The monoisotopic (exact) mass is 438 g/mol. The summed E-state index contributed by atoms with van der Waals surface area (Å²) in [7, 11) is 1.44. The molecule has 0 aliphatic rings. The molecule has 0 spiro atoms. The lowest BCUT2D eigenvalue weighted by atomic mass is 10.0. The summed E-state index contributed by atoms with van der Waals surface area (Å²) in [6, 6.07) is 2.01. The second kappa shape index (κ2) is 9.62. The first-order valence-electron chi connectivity index (χ1n) is 9.13. The Morgan fingerprint density at radius 3 is 2.47 bits per heavy atom. The van der Waals surface area contributed by atoms with Crippen LogP contribution in [0.5, 0.6) is 5.75 Å². The van der Waals surface area contributed by atoms with Gasteiger partial charge in [-0.25, -0.2) is 9.59 Å². The number of aliphatic carboxylic acids is 1. The van der Waals surface area contributed by atoms with Gasteiger partial charge in [0.2, 0.25) is 11.8 Å². The standard InChI is InChI=1S/C20H23ClN2O7/c1-9(2)18(19(26)27)23-17(25)8-22-16(24)6-12-10(3)11-5-13(21)15(29-4)7-14(11)30-20(12)28/h5,7,9,18H,6,8H2,1-4H3,(H,22,24)(H,23,25)(H,26,27). The van der Waals surface area contributed by atoms with Crippen molar-refractivity contribution in [2.24, 2.45) is 5.92 Å². The number of carbonyl (C=O) groups is 3. The highest BCUT2D eigenvalue weighted by atomic mass is 35.5. The summed E-state index contributed by atoms with van der Waals surface area (Å²) in [5, 5.41) is 14.7. The van der Waals surface area contributed by atoms with Crippen LogP contribution >= 0.6 is 11.6 Å². The average molecular weight is 439 g/mol. The van der Waals surface area contributed by atoms with E-state index in [1.807, 2.05) is 0 Å². The van der Waals surface area contributed by atoms with E-state index < -0.39 is 36.0 Å². The van der Waals surface area contributed by atoms with Gasteiger partial charge in [-0.1, -0.05) is 25.4 Å².